The lowest BCUT2D eigenvalue weighted by Gasteiger charge is -2.32. The van der Waals surface area contributed by atoms with Crippen LogP contribution in [-0.2, 0) is 4.79 Å². The van der Waals surface area contributed by atoms with Gasteiger partial charge in [-0.25, -0.2) is 4.68 Å². The Morgan fingerprint density at radius 1 is 1.26 bits per heavy atom. The van der Waals surface area contributed by atoms with Crippen molar-refractivity contribution in [1.82, 2.24) is 14.8 Å². The van der Waals surface area contributed by atoms with Crippen LogP contribution in [0.5, 0.6) is 5.75 Å². The standard InChI is InChI=1S/C19H18ClN5O2/c20-13-7-5-12(6-8-13)15-9-16(25-19(24-15)22-11-23-25)14-3-1-2-4-17(14)27-10-18(21)26/h1-8,11,15-16H,9-10H2,(H2,21,26)(H,22,23,24)/t15-,16+/m1/s1. The van der Waals surface area contributed by atoms with Gasteiger partial charge in [-0.15, -0.1) is 0 Å². The van der Waals surface area contributed by atoms with Crippen molar-refractivity contribution in [2.24, 2.45) is 5.73 Å². The van der Waals surface area contributed by atoms with Gasteiger partial charge in [0.15, 0.2) is 6.61 Å². The molecule has 0 saturated carbocycles. The molecule has 3 aromatic rings. The fourth-order valence-electron chi connectivity index (χ4n) is 3.33. The number of amides is 1. The third kappa shape index (κ3) is 3.59. The predicted molar refractivity (Wildman–Crippen MR) is 102 cm³/mol. The summed E-state index contributed by atoms with van der Waals surface area (Å²) in [5, 5.41) is 8.48. The van der Waals surface area contributed by atoms with Crippen LogP contribution in [0.4, 0.5) is 5.95 Å². The zero-order valence-corrected chi connectivity index (χ0v) is 15.1. The first-order valence-corrected chi connectivity index (χ1v) is 8.91. The van der Waals surface area contributed by atoms with Crippen LogP contribution in [0.2, 0.25) is 5.02 Å². The lowest BCUT2D eigenvalue weighted by Crippen LogP contribution is -2.28. The molecule has 2 aromatic carbocycles. The molecule has 7 nitrogen and oxygen atoms in total. The van der Waals surface area contributed by atoms with Crippen molar-refractivity contribution in [2.45, 2.75) is 18.5 Å². The number of aromatic nitrogens is 3. The molecule has 0 unspecified atom stereocenters. The van der Waals surface area contributed by atoms with Crippen molar-refractivity contribution in [3.05, 3.63) is 71.0 Å². The summed E-state index contributed by atoms with van der Waals surface area (Å²) in [7, 11) is 0. The molecule has 0 saturated heterocycles. The van der Waals surface area contributed by atoms with Crippen molar-refractivity contribution in [1.29, 1.82) is 0 Å². The summed E-state index contributed by atoms with van der Waals surface area (Å²) in [6, 6.07) is 15.3. The first-order valence-electron chi connectivity index (χ1n) is 8.53. The van der Waals surface area contributed by atoms with Crippen molar-refractivity contribution in [3.63, 3.8) is 0 Å². The number of nitrogens with two attached hydrogens (primary N) is 1. The van der Waals surface area contributed by atoms with E-state index in [2.05, 4.69) is 15.4 Å². The number of nitrogens with zero attached hydrogens (tertiary/aromatic N) is 3. The molecular formula is C19H18ClN5O2. The summed E-state index contributed by atoms with van der Waals surface area (Å²) in [5.41, 5.74) is 7.25. The average molecular weight is 384 g/mol. The molecule has 3 N–H and O–H groups in total. The first kappa shape index (κ1) is 17.4. The van der Waals surface area contributed by atoms with Crippen LogP contribution in [0.3, 0.4) is 0 Å². The van der Waals surface area contributed by atoms with E-state index in [-0.39, 0.29) is 18.7 Å². The maximum atomic E-state index is 11.1. The van der Waals surface area contributed by atoms with Gasteiger partial charge in [-0.05, 0) is 30.2 Å². The Labute approximate surface area is 161 Å². The summed E-state index contributed by atoms with van der Waals surface area (Å²) < 4.78 is 7.46. The molecule has 8 heteroatoms. The highest BCUT2D eigenvalue weighted by Crippen LogP contribution is 2.40. The third-order valence-electron chi connectivity index (χ3n) is 4.55. The molecule has 2 atom stereocenters. The number of carbonyl (C=O) groups is 1. The predicted octanol–water partition coefficient (Wildman–Crippen LogP) is 2.94. The summed E-state index contributed by atoms with van der Waals surface area (Å²) in [4.78, 5) is 15.5. The molecule has 0 radical (unpaired) electrons. The quantitative estimate of drug-likeness (QED) is 0.706. The molecule has 1 amide bonds. The summed E-state index contributed by atoms with van der Waals surface area (Å²) >= 11 is 6.02. The molecule has 0 spiro atoms. The Kier molecular flexibility index (Phi) is 4.68. The number of para-hydroxylation sites is 1. The molecule has 138 valence electrons. The molecule has 0 aliphatic carbocycles. The highest BCUT2D eigenvalue weighted by Gasteiger charge is 2.31. The van der Waals surface area contributed by atoms with E-state index in [9.17, 15) is 4.79 Å². The van der Waals surface area contributed by atoms with Crippen molar-refractivity contribution >= 4 is 23.5 Å². The number of primary amides is 1. The summed E-state index contributed by atoms with van der Waals surface area (Å²) in [6.45, 7) is -0.174. The molecule has 1 aromatic heterocycles. The zero-order valence-electron chi connectivity index (χ0n) is 14.4. The van der Waals surface area contributed by atoms with Gasteiger partial charge < -0.3 is 15.8 Å². The minimum absolute atomic E-state index is 0.0353. The van der Waals surface area contributed by atoms with Crippen LogP contribution < -0.4 is 15.8 Å². The largest absolute Gasteiger partial charge is 0.483 e. The Hall–Kier alpha value is -3.06. The molecule has 27 heavy (non-hydrogen) atoms. The second-order valence-corrected chi connectivity index (χ2v) is 6.76. The Balaban J connectivity index is 1.70. The van der Waals surface area contributed by atoms with Crippen molar-refractivity contribution in [2.75, 3.05) is 11.9 Å². The highest BCUT2D eigenvalue weighted by molar-refractivity contribution is 6.30. The molecule has 0 fully saturated rings. The molecule has 4 rings (SSSR count). The monoisotopic (exact) mass is 383 g/mol. The van der Waals surface area contributed by atoms with Gasteiger partial charge in [0.1, 0.15) is 12.1 Å². The van der Waals surface area contributed by atoms with Crippen LogP contribution in [0.15, 0.2) is 54.9 Å². The smallest absolute Gasteiger partial charge is 0.255 e. The topological polar surface area (TPSA) is 95.1 Å². The van der Waals surface area contributed by atoms with Gasteiger partial charge in [-0.1, -0.05) is 41.9 Å². The van der Waals surface area contributed by atoms with E-state index >= 15 is 0 Å². The molecule has 1 aliphatic rings. The van der Waals surface area contributed by atoms with Crippen molar-refractivity contribution in [3.8, 4) is 5.75 Å². The maximum absolute atomic E-state index is 11.1. The van der Waals surface area contributed by atoms with Crippen LogP contribution in [-0.4, -0.2) is 27.3 Å². The third-order valence-corrected chi connectivity index (χ3v) is 4.80. The van der Waals surface area contributed by atoms with Gasteiger partial charge in [-0.2, -0.15) is 10.1 Å². The van der Waals surface area contributed by atoms with E-state index in [1.54, 1.807) is 0 Å². The van der Waals surface area contributed by atoms with Crippen LogP contribution in [0, 0.1) is 0 Å². The number of anilines is 1. The SMILES string of the molecule is NC(=O)COc1ccccc1[C@@H]1C[C@H](c2ccc(Cl)cc2)Nc2ncnn21. The van der Waals surface area contributed by atoms with Crippen molar-refractivity contribution < 1.29 is 9.53 Å². The fourth-order valence-corrected chi connectivity index (χ4v) is 3.45. The fraction of sp³-hybridized carbons (Fsp3) is 0.211. The van der Waals surface area contributed by atoms with Crippen LogP contribution in [0.25, 0.3) is 0 Å². The number of benzene rings is 2. The lowest BCUT2D eigenvalue weighted by atomic mass is 9.93. The van der Waals surface area contributed by atoms with Crippen LogP contribution in [0.1, 0.15) is 29.6 Å². The summed E-state index contributed by atoms with van der Waals surface area (Å²) in [5.74, 6) is 0.769. The van der Waals surface area contributed by atoms with E-state index in [0.29, 0.717) is 16.7 Å². The second-order valence-electron chi connectivity index (χ2n) is 6.32. The van der Waals surface area contributed by atoms with E-state index in [0.717, 1.165) is 17.5 Å². The molecular weight excluding hydrogens is 366 g/mol. The number of hydrogen-bond donors (Lipinski definition) is 2. The van der Waals surface area contributed by atoms with Gasteiger partial charge >= 0.3 is 0 Å². The number of nitrogens with one attached hydrogen (secondary N) is 1. The van der Waals surface area contributed by atoms with Gasteiger partial charge in [-0.3, -0.25) is 4.79 Å². The van der Waals surface area contributed by atoms with Crippen LogP contribution >= 0.6 is 11.6 Å². The van der Waals surface area contributed by atoms with E-state index < -0.39 is 5.91 Å². The molecule has 0 bridgehead atoms. The number of ether oxygens (including phenoxy) is 1. The van der Waals surface area contributed by atoms with Gasteiger partial charge in [0.2, 0.25) is 5.95 Å². The highest BCUT2D eigenvalue weighted by atomic mass is 35.5. The van der Waals surface area contributed by atoms with Gasteiger partial charge in [0, 0.05) is 10.6 Å². The summed E-state index contributed by atoms with van der Waals surface area (Å²) in [6.07, 6.45) is 2.25. The Morgan fingerprint density at radius 3 is 2.81 bits per heavy atom. The first-order chi connectivity index (χ1) is 13.1. The minimum atomic E-state index is -0.518. The number of hydrogen-bond acceptors (Lipinski definition) is 5. The maximum Gasteiger partial charge on any atom is 0.255 e. The normalized spacial score (nSPS) is 18.4. The number of fused-ring (bicyclic) bond motifs is 1. The van der Waals surface area contributed by atoms with Gasteiger partial charge in [0.25, 0.3) is 5.91 Å². The minimum Gasteiger partial charge on any atom is -0.483 e. The van der Waals surface area contributed by atoms with E-state index in [1.807, 2.05) is 53.2 Å². The Bertz CT molecular complexity index is 957. The zero-order chi connectivity index (χ0) is 18.8. The Morgan fingerprint density at radius 2 is 2.04 bits per heavy atom. The average Bonchev–Trinajstić information content (AvgIpc) is 3.15. The molecule has 2 heterocycles. The molecule has 1 aliphatic heterocycles. The number of halogens is 1. The second kappa shape index (κ2) is 7.28. The van der Waals surface area contributed by atoms with Gasteiger partial charge in [0.05, 0.1) is 12.1 Å². The van der Waals surface area contributed by atoms with E-state index in [4.69, 9.17) is 22.1 Å². The number of carbonyl (C=O) groups excluding carboxylic acids is 1. The lowest BCUT2D eigenvalue weighted by molar-refractivity contribution is -0.119. The number of rotatable bonds is 5. The van der Waals surface area contributed by atoms with E-state index in [1.165, 1.54) is 6.33 Å².